The normalized spacial score (nSPS) is 15.4. The summed E-state index contributed by atoms with van der Waals surface area (Å²) in [5.41, 5.74) is 1.24. The van der Waals surface area contributed by atoms with E-state index in [0.717, 1.165) is 50.3 Å². The van der Waals surface area contributed by atoms with Gasteiger partial charge in [-0.15, -0.1) is 0 Å². The highest BCUT2D eigenvalue weighted by atomic mass is 16.5. The number of ether oxygens (including phenoxy) is 2. The summed E-state index contributed by atoms with van der Waals surface area (Å²) in [6, 6.07) is 7.77. The molecule has 1 amide bonds. The van der Waals surface area contributed by atoms with Gasteiger partial charge in [-0.05, 0) is 69.3 Å². The summed E-state index contributed by atoms with van der Waals surface area (Å²) in [6.45, 7) is 4.08. The van der Waals surface area contributed by atoms with Crippen LogP contribution >= 0.6 is 0 Å². The average molecular weight is 387 g/mol. The summed E-state index contributed by atoms with van der Waals surface area (Å²) in [6.07, 6.45) is 4.35. The second-order valence-corrected chi connectivity index (χ2v) is 7.35. The number of hydrogen-bond acceptors (Lipinski definition) is 6. The van der Waals surface area contributed by atoms with Crippen LogP contribution in [0.5, 0.6) is 11.5 Å². The van der Waals surface area contributed by atoms with E-state index in [1.807, 2.05) is 6.07 Å². The molecule has 1 fully saturated rings. The fraction of sp³-hybridized carbons (Fsp3) is 0.524. The number of aromatic nitrogens is 1. The van der Waals surface area contributed by atoms with Gasteiger partial charge in [-0.3, -0.25) is 9.69 Å². The first-order valence-electron chi connectivity index (χ1n) is 9.73. The molecule has 1 saturated heterocycles. The van der Waals surface area contributed by atoms with E-state index >= 15 is 0 Å². The third-order valence-electron chi connectivity index (χ3n) is 5.22. The highest BCUT2D eigenvalue weighted by Gasteiger charge is 2.21. The maximum absolute atomic E-state index is 12.1. The quantitative estimate of drug-likeness (QED) is 0.749. The smallest absolute Gasteiger partial charge is 0.239 e. The zero-order valence-electron chi connectivity index (χ0n) is 16.9. The van der Waals surface area contributed by atoms with Gasteiger partial charge >= 0.3 is 0 Å². The molecule has 3 rings (SSSR count). The van der Waals surface area contributed by atoms with Gasteiger partial charge in [0.25, 0.3) is 0 Å². The van der Waals surface area contributed by atoms with Crippen LogP contribution in [0.2, 0.25) is 0 Å². The fourth-order valence-corrected chi connectivity index (χ4v) is 3.63. The van der Waals surface area contributed by atoms with Crippen LogP contribution in [0, 0.1) is 12.8 Å². The summed E-state index contributed by atoms with van der Waals surface area (Å²) in [5, 5.41) is 6.58. The predicted molar refractivity (Wildman–Crippen MR) is 107 cm³/mol. The van der Waals surface area contributed by atoms with Crippen molar-refractivity contribution in [2.45, 2.75) is 32.6 Å². The number of amides is 1. The third kappa shape index (κ3) is 5.73. The van der Waals surface area contributed by atoms with Crippen LogP contribution in [0.25, 0.3) is 0 Å². The van der Waals surface area contributed by atoms with E-state index < -0.39 is 0 Å². The van der Waals surface area contributed by atoms with E-state index in [0.29, 0.717) is 24.0 Å². The van der Waals surface area contributed by atoms with Gasteiger partial charge in [0.2, 0.25) is 5.91 Å². The highest BCUT2D eigenvalue weighted by Crippen LogP contribution is 2.26. The van der Waals surface area contributed by atoms with E-state index in [9.17, 15) is 4.79 Å². The average Bonchev–Trinajstić information content (AvgIpc) is 3.11. The van der Waals surface area contributed by atoms with Gasteiger partial charge in [0.05, 0.1) is 20.8 Å². The second-order valence-electron chi connectivity index (χ2n) is 7.35. The summed E-state index contributed by atoms with van der Waals surface area (Å²) in [7, 11) is 3.35. The van der Waals surface area contributed by atoms with Crippen molar-refractivity contribution >= 4 is 11.7 Å². The van der Waals surface area contributed by atoms with Crippen LogP contribution < -0.4 is 14.8 Å². The van der Waals surface area contributed by atoms with Gasteiger partial charge < -0.3 is 19.3 Å². The molecular formula is C21H29N3O4. The Morgan fingerprint density at radius 2 is 1.86 bits per heavy atom. The molecule has 152 valence electrons. The summed E-state index contributed by atoms with van der Waals surface area (Å²) in [5.74, 6) is 3.45. The van der Waals surface area contributed by atoms with E-state index in [-0.39, 0.29) is 5.91 Å². The first kappa shape index (κ1) is 20.2. The molecule has 1 aromatic carbocycles. The maximum Gasteiger partial charge on any atom is 0.239 e. The number of aryl methyl sites for hydroxylation is 2. The molecule has 0 aliphatic carbocycles. The lowest BCUT2D eigenvalue weighted by molar-refractivity contribution is -0.117. The van der Waals surface area contributed by atoms with Crippen molar-refractivity contribution in [3.05, 3.63) is 35.6 Å². The van der Waals surface area contributed by atoms with Crippen LogP contribution in [-0.4, -0.2) is 49.8 Å². The SMILES string of the molecule is COc1cc(CCC2CCN(CC(=O)Nc3cc(C)on3)CC2)cc(OC)c1. The van der Waals surface area contributed by atoms with Crippen molar-refractivity contribution in [1.29, 1.82) is 0 Å². The molecule has 2 heterocycles. The summed E-state index contributed by atoms with van der Waals surface area (Å²) >= 11 is 0. The molecule has 7 nitrogen and oxygen atoms in total. The Hall–Kier alpha value is -2.54. The monoisotopic (exact) mass is 387 g/mol. The molecule has 7 heteroatoms. The molecule has 1 aliphatic rings. The molecule has 0 saturated carbocycles. The number of piperidine rings is 1. The number of benzene rings is 1. The van der Waals surface area contributed by atoms with E-state index in [4.69, 9.17) is 14.0 Å². The van der Waals surface area contributed by atoms with E-state index in [1.165, 1.54) is 5.56 Å². The van der Waals surface area contributed by atoms with Crippen molar-refractivity contribution in [3.8, 4) is 11.5 Å². The summed E-state index contributed by atoms with van der Waals surface area (Å²) < 4.78 is 15.7. The molecule has 0 atom stereocenters. The van der Waals surface area contributed by atoms with E-state index in [1.54, 1.807) is 27.2 Å². The Balaban J connectivity index is 1.41. The zero-order chi connectivity index (χ0) is 19.9. The molecule has 0 bridgehead atoms. The van der Waals surface area contributed by atoms with Crippen LogP contribution in [-0.2, 0) is 11.2 Å². The first-order chi connectivity index (χ1) is 13.6. The van der Waals surface area contributed by atoms with Crippen molar-refractivity contribution < 1.29 is 18.8 Å². The molecule has 2 aromatic rings. The maximum atomic E-state index is 12.1. The van der Waals surface area contributed by atoms with Gasteiger partial charge in [0, 0.05) is 12.1 Å². The Kier molecular flexibility index (Phi) is 6.92. The standard InChI is InChI=1S/C21H29N3O4/c1-15-10-20(23-28-15)22-21(25)14-24-8-6-16(7-9-24)4-5-17-11-18(26-2)13-19(12-17)27-3/h10-13,16H,4-9,14H2,1-3H3,(H,22,23,25). The highest BCUT2D eigenvalue weighted by molar-refractivity contribution is 5.91. The number of anilines is 1. The molecule has 0 unspecified atom stereocenters. The fourth-order valence-electron chi connectivity index (χ4n) is 3.63. The van der Waals surface area contributed by atoms with Crippen LogP contribution in [0.15, 0.2) is 28.8 Å². The Labute approximate surface area is 166 Å². The van der Waals surface area contributed by atoms with Crippen LogP contribution in [0.4, 0.5) is 5.82 Å². The minimum Gasteiger partial charge on any atom is -0.497 e. The van der Waals surface area contributed by atoms with Crippen LogP contribution in [0.1, 0.15) is 30.6 Å². The molecule has 0 radical (unpaired) electrons. The zero-order valence-corrected chi connectivity index (χ0v) is 16.9. The topological polar surface area (TPSA) is 76.8 Å². The molecule has 1 aromatic heterocycles. The first-order valence-corrected chi connectivity index (χ1v) is 9.73. The Morgan fingerprint density at radius 1 is 1.18 bits per heavy atom. The van der Waals surface area contributed by atoms with Gasteiger partial charge in [-0.1, -0.05) is 5.16 Å². The molecule has 0 spiro atoms. The summed E-state index contributed by atoms with van der Waals surface area (Å²) in [4.78, 5) is 14.3. The van der Waals surface area contributed by atoms with Crippen molar-refractivity contribution in [1.82, 2.24) is 10.1 Å². The molecular weight excluding hydrogens is 358 g/mol. The number of nitrogens with zero attached hydrogens (tertiary/aromatic N) is 2. The Morgan fingerprint density at radius 3 is 2.43 bits per heavy atom. The number of nitrogens with one attached hydrogen (secondary N) is 1. The minimum absolute atomic E-state index is 0.0461. The predicted octanol–water partition coefficient (Wildman–Crippen LogP) is 3.28. The molecule has 28 heavy (non-hydrogen) atoms. The van der Waals surface area contributed by atoms with Crippen molar-refractivity contribution in [2.75, 3.05) is 39.2 Å². The van der Waals surface area contributed by atoms with Gasteiger partial charge in [0.1, 0.15) is 17.3 Å². The van der Waals surface area contributed by atoms with Crippen molar-refractivity contribution in [3.63, 3.8) is 0 Å². The lowest BCUT2D eigenvalue weighted by atomic mass is 9.90. The third-order valence-corrected chi connectivity index (χ3v) is 5.22. The Bertz CT molecular complexity index is 759. The van der Waals surface area contributed by atoms with Gasteiger partial charge in [0.15, 0.2) is 5.82 Å². The number of hydrogen-bond donors (Lipinski definition) is 1. The number of likely N-dealkylation sites (tertiary alicyclic amines) is 1. The molecule has 1 aliphatic heterocycles. The number of carbonyl (C=O) groups is 1. The second kappa shape index (κ2) is 9.59. The lowest BCUT2D eigenvalue weighted by Crippen LogP contribution is -2.39. The van der Waals surface area contributed by atoms with Gasteiger partial charge in [-0.25, -0.2) is 0 Å². The van der Waals surface area contributed by atoms with Crippen molar-refractivity contribution in [2.24, 2.45) is 5.92 Å². The molecule has 1 N–H and O–H groups in total. The van der Waals surface area contributed by atoms with E-state index in [2.05, 4.69) is 27.5 Å². The largest absolute Gasteiger partial charge is 0.497 e. The number of rotatable bonds is 8. The van der Waals surface area contributed by atoms with Gasteiger partial charge in [-0.2, -0.15) is 0 Å². The lowest BCUT2D eigenvalue weighted by Gasteiger charge is -2.31. The minimum atomic E-state index is -0.0461. The van der Waals surface area contributed by atoms with Crippen LogP contribution in [0.3, 0.4) is 0 Å². The number of methoxy groups -OCH3 is 2. The number of carbonyl (C=O) groups excluding carboxylic acids is 1.